The number of H-pyrrole nitrogens is 1. The number of carbonyl (C=O) groups excluding carboxylic acids is 2. The summed E-state index contributed by atoms with van der Waals surface area (Å²) in [5.41, 5.74) is 3.43. The fraction of sp³-hybridized carbons (Fsp3) is 0.242. The van der Waals surface area contributed by atoms with E-state index >= 15 is 0 Å². The molecule has 2 aromatic carbocycles. The molecule has 1 saturated heterocycles. The van der Waals surface area contributed by atoms with Gasteiger partial charge in [-0.3, -0.25) is 9.69 Å². The van der Waals surface area contributed by atoms with Crippen molar-refractivity contribution in [3.8, 4) is 5.88 Å². The Morgan fingerprint density at radius 1 is 1.00 bits per heavy atom. The van der Waals surface area contributed by atoms with Crippen molar-refractivity contribution in [2.45, 2.75) is 13.0 Å². The van der Waals surface area contributed by atoms with Crippen LogP contribution in [-0.2, 0) is 25.7 Å². The molecule has 0 atom stereocenters. The number of carbonyl (C=O) groups is 2. The Balaban J connectivity index is 1.05. The predicted molar refractivity (Wildman–Crippen MR) is 170 cm³/mol. The minimum absolute atomic E-state index is 0.282. The number of aromatic amines is 1. The van der Waals surface area contributed by atoms with E-state index < -0.39 is 11.9 Å². The average molecular weight is 608 g/mol. The molecule has 0 radical (unpaired) electrons. The zero-order valence-corrected chi connectivity index (χ0v) is 24.6. The van der Waals surface area contributed by atoms with Gasteiger partial charge in [0.2, 0.25) is 5.91 Å². The van der Waals surface area contributed by atoms with Gasteiger partial charge in [0.1, 0.15) is 24.6 Å². The Kier molecular flexibility index (Phi) is 9.53. The molecule has 0 aliphatic carbocycles. The summed E-state index contributed by atoms with van der Waals surface area (Å²) in [6.45, 7) is 4.81. The van der Waals surface area contributed by atoms with Crippen LogP contribution in [0.1, 0.15) is 12.0 Å². The molecule has 12 nitrogen and oxygen atoms in total. The van der Waals surface area contributed by atoms with E-state index in [2.05, 4.69) is 35.5 Å². The molecule has 1 aliphatic heterocycles. The minimum Gasteiger partial charge on any atom is -0.474 e. The molecule has 3 N–H and O–H groups in total. The number of aromatic nitrogens is 4. The van der Waals surface area contributed by atoms with Crippen LogP contribution in [0.4, 0.5) is 17.3 Å². The molecule has 12 heteroatoms. The molecule has 4 heterocycles. The smallest absolute Gasteiger partial charge is 0.330 e. The molecule has 0 spiro atoms. The number of amides is 1. The number of nitrogens with zero attached hydrogens (tertiary/aromatic N) is 4. The number of anilines is 3. The summed E-state index contributed by atoms with van der Waals surface area (Å²) in [6, 6.07) is 19.5. The fourth-order valence-electron chi connectivity index (χ4n) is 4.91. The number of rotatable bonds is 12. The average Bonchev–Trinajstić information content (AvgIpc) is 3.48. The molecule has 3 aromatic heterocycles. The van der Waals surface area contributed by atoms with E-state index in [1.165, 1.54) is 6.33 Å². The number of nitrogens with one attached hydrogen (secondary N) is 3. The molecular formula is C33H33N7O5. The van der Waals surface area contributed by atoms with E-state index in [0.717, 1.165) is 67.2 Å². The van der Waals surface area contributed by atoms with Crippen molar-refractivity contribution in [3.05, 3.63) is 90.9 Å². The maximum Gasteiger partial charge on any atom is 0.330 e. The molecule has 1 amide bonds. The van der Waals surface area contributed by atoms with Crippen molar-refractivity contribution in [1.29, 1.82) is 0 Å². The molecule has 1 fully saturated rings. The number of ether oxygens (including phenoxy) is 3. The molecule has 0 saturated carbocycles. The van der Waals surface area contributed by atoms with E-state index in [9.17, 15) is 9.59 Å². The van der Waals surface area contributed by atoms with Gasteiger partial charge in [0.25, 0.3) is 0 Å². The van der Waals surface area contributed by atoms with Gasteiger partial charge < -0.3 is 29.8 Å². The molecule has 5 aromatic rings. The highest BCUT2D eigenvalue weighted by Crippen LogP contribution is 2.28. The van der Waals surface area contributed by atoms with Gasteiger partial charge in [-0.25, -0.2) is 19.7 Å². The first-order valence-corrected chi connectivity index (χ1v) is 14.7. The van der Waals surface area contributed by atoms with E-state index in [1.54, 1.807) is 12.3 Å². The summed E-state index contributed by atoms with van der Waals surface area (Å²) in [5, 5.41) is 7.65. The highest BCUT2D eigenvalue weighted by atomic mass is 16.5. The van der Waals surface area contributed by atoms with Crippen molar-refractivity contribution < 1.29 is 23.8 Å². The van der Waals surface area contributed by atoms with Crippen molar-refractivity contribution in [3.63, 3.8) is 0 Å². The Bertz CT molecular complexity index is 1800. The summed E-state index contributed by atoms with van der Waals surface area (Å²) in [4.78, 5) is 43.1. The van der Waals surface area contributed by atoms with Crippen LogP contribution in [0.25, 0.3) is 21.8 Å². The van der Waals surface area contributed by atoms with Crippen molar-refractivity contribution >= 4 is 51.0 Å². The first kappa shape index (κ1) is 29.7. The maximum absolute atomic E-state index is 12.5. The van der Waals surface area contributed by atoms with Crippen molar-refractivity contribution in [2.75, 3.05) is 50.1 Å². The summed E-state index contributed by atoms with van der Waals surface area (Å²) in [5.74, 6) is 0.421. The lowest BCUT2D eigenvalue weighted by Crippen LogP contribution is -2.37. The molecule has 1 aliphatic rings. The lowest BCUT2D eigenvalue weighted by Gasteiger charge is -2.26. The Hall–Kier alpha value is -5.33. The minimum atomic E-state index is -0.576. The van der Waals surface area contributed by atoms with Crippen LogP contribution >= 0.6 is 0 Å². The first-order valence-electron chi connectivity index (χ1n) is 14.7. The van der Waals surface area contributed by atoms with Crippen LogP contribution in [0, 0.1) is 0 Å². The van der Waals surface area contributed by atoms with Gasteiger partial charge in [-0.15, -0.1) is 0 Å². The molecule has 6 rings (SSSR count). The van der Waals surface area contributed by atoms with Crippen LogP contribution in [-0.4, -0.2) is 76.2 Å². The highest BCUT2D eigenvalue weighted by molar-refractivity contribution is 6.03. The predicted octanol–water partition coefficient (Wildman–Crippen LogP) is 4.59. The van der Waals surface area contributed by atoms with Gasteiger partial charge in [0, 0.05) is 59.8 Å². The highest BCUT2D eigenvalue weighted by Gasteiger charge is 2.11. The van der Waals surface area contributed by atoms with Gasteiger partial charge in [-0.05, 0) is 36.2 Å². The zero-order valence-electron chi connectivity index (χ0n) is 24.6. The second kappa shape index (κ2) is 14.4. The van der Waals surface area contributed by atoms with Crippen molar-refractivity contribution in [1.82, 2.24) is 24.8 Å². The monoisotopic (exact) mass is 607 g/mol. The summed E-state index contributed by atoms with van der Waals surface area (Å²) in [7, 11) is 0. The maximum atomic E-state index is 12.5. The van der Waals surface area contributed by atoms with Gasteiger partial charge in [-0.1, -0.05) is 30.3 Å². The second-order valence-corrected chi connectivity index (χ2v) is 10.4. The van der Waals surface area contributed by atoms with Crippen LogP contribution in [0.5, 0.6) is 5.88 Å². The number of pyridine rings is 1. The van der Waals surface area contributed by atoms with Crippen LogP contribution in [0.2, 0.25) is 0 Å². The SMILES string of the molecule is O=C(/C=C/C(=O)OCCCN1CCOCC1)Nc1cc2c(Nc3ccc4[nH]c(OCc5ccccc5)cc4c3)ncnc2cn1. The van der Waals surface area contributed by atoms with Gasteiger partial charge in [0.05, 0.1) is 31.5 Å². The Morgan fingerprint density at radius 3 is 2.73 bits per heavy atom. The third-order valence-electron chi connectivity index (χ3n) is 7.21. The van der Waals surface area contributed by atoms with Gasteiger partial charge in [-0.2, -0.15) is 0 Å². The summed E-state index contributed by atoms with van der Waals surface area (Å²) >= 11 is 0. The second-order valence-electron chi connectivity index (χ2n) is 10.4. The molecule has 0 bridgehead atoms. The lowest BCUT2D eigenvalue weighted by molar-refractivity contribution is -0.138. The zero-order chi connectivity index (χ0) is 30.8. The molecule has 45 heavy (non-hydrogen) atoms. The lowest BCUT2D eigenvalue weighted by atomic mass is 10.2. The van der Waals surface area contributed by atoms with E-state index in [-0.39, 0.29) is 12.4 Å². The molecule has 0 unspecified atom stereocenters. The Labute approximate surface area is 259 Å². The number of fused-ring (bicyclic) bond motifs is 2. The third-order valence-corrected chi connectivity index (χ3v) is 7.21. The molecule has 230 valence electrons. The quantitative estimate of drug-likeness (QED) is 0.105. The van der Waals surface area contributed by atoms with Gasteiger partial charge in [0.15, 0.2) is 5.88 Å². The van der Waals surface area contributed by atoms with Crippen molar-refractivity contribution in [2.24, 2.45) is 0 Å². The summed E-state index contributed by atoms with van der Waals surface area (Å²) < 4.78 is 16.5. The standard InChI is InChI=1S/C33H33N7O5/c41-30(9-10-32(42)44-14-4-11-40-12-15-43-16-13-40)39-29-19-26-28(20-34-29)35-22-36-33(26)37-25-7-8-27-24(17-25)18-31(38-27)45-21-23-5-2-1-3-6-23/h1-3,5-10,17-20,22,38H,4,11-16,21H2,(H,34,39,41)(H,35,36,37)/b10-9+. The summed E-state index contributed by atoms with van der Waals surface area (Å²) in [6.07, 6.45) is 5.95. The fourth-order valence-corrected chi connectivity index (χ4v) is 4.91. The van der Waals surface area contributed by atoms with Gasteiger partial charge >= 0.3 is 5.97 Å². The Morgan fingerprint density at radius 2 is 1.87 bits per heavy atom. The topological polar surface area (TPSA) is 144 Å². The van der Waals surface area contributed by atoms with Crippen LogP contribution in [0.3, 0.4) is 0 Å². The molecular weight excluding hydrogens is 574 g/mol. The van der Waals surface area contributed by atoms with E-state index in [0.29, 0.717) is 35.6 Å². The third kappa shape index (κ3) is 8.19. The number of benzene rings is 2. The normalized spacial score (nSPS) is 13.7. The van der Waals surface area contributed by atoms with Crippen LogP contribution in [0.15, 0.2) is 85.3 Å². The first-order chi connectivity index (χ1) is 22.1. The van der Waals surface area contributed by atoms with E-state index in [4.69, 9.17) is 14.2 Å². The number of hydrogen-bond acceptors (Lipinski definition) is 10. The van der Waals surface area contributed by atoms with E-state index in [1.807, 2.05) is 54.6 Å². The number of esters is 1. The number of morpholine rings is 1. The van der Waals surface area contributed by atoms with Crippen LogP contribution < -0.4 is 15.4 Å². The number of hydrogen-bond donors (Lipinski definition) is 3. The largest absolute Gasteiger partial charge is 0.474 e.